The molecule has 3 aromatic rings. The highest BCUT2D eigenvalue weighted by molar-refractivity contribution is 9.10. The summed E-state index contributed by atoms with van der Waals surface area (Å²) in [6.07, 6.45) is 4.76. The number of nitrogens with zero attached hydrogens (tertiary/aromatic N) is 3. The van der Waals surface area contributed by atoms with E-state index in [1.165, 1.54) is 6.20 Å². The summed E-state index contributed by atoms with van der Waals surface area (Å²) in [5.74, 6) is -0.315. The van der Waals surface area contributed by atoms with Gasteiger partial charge in [-0.05, 0) is 28.1 Å². The third-order valence-electron chi connectivity index (χ3n) is 3.09. The van der Waals surface area contributed by atoms with Crippen molar-refractivity contribution in [1.82, 2.24) is 20.0 Å². The zero-order valence-corrected chi connectivity index (χ0v) is 14.7. The van der Waals surface area contributed by atoms with E-state index in [9.17, 15) is 4.79 Å². The van der Waals surface area contributed by atoms with Gasteiger partial charge >= 0.3 is 0 Å². The third-order valence-corrected chi connectivity index (χ3v) is 4.40. The molecule has 0 saturated carbocycles. The molecule has 0 aliphatic heterocycles. The number of hydrogen-bond acceptors (Lipinski definition) is 3. The van der Waals surface area contributed by atoms with Crippen LogP contribution in [0.25, 0.3) is 0 Å². The van der Waals surface area contributed by atoms with Gasteiger partial charge in [-0.1, -0.05) is 29.3 Å². The summed E-state index contributed by atoms with van der Waals surface area (Å²) in [5.41, 5.74) is 1.67. The van der Waals surface area contributed by atoms with Crippen LogP contribution in [0.2, 0.25) is 10.0 Å². The standard InChI is InChI=1S/C14H10BrCl2N5O/c15-10-5-18-21-13(10)14(23)20-8-4-19-22(6-8)7-9-11(16)2-1-3-12(9)17/h1-6H,7H2,(H,18,21)(H,20,23). The molecule has 0 radical (unpaired) electrons. The SMILES string of the molecule is O=C(Nc1cnn(Cc2c(Cl)cccc2Cl)c1)c1[nH]ncc1Br. The van der Waals surface area contributed by atoms with Crippen molar-refractivity contribution in [2.45, 2.75) is 6.54 Å². The number of carbonyl (C=O) groups is 1. The highest BCUT2D eigenvalue weighted by Gasteiger charge is 2.13. The molecule has 1 aromatic carbocycles. The quantitative estimate of drug-likeness (QED) is 0.677. The first-order chi connectivity index (χ1) is 11.0. The van der Waals surface area contributed by atoms with Crippen LogP contribution in [0.1, 0.15) is 16.1 Å². The zero-order chi connectivity index (χ0) is 16.4. The topological polar surface area (TPSA) is 75.6 Å². The summed E-state index contributed by atoms with van der Waals surface area (Å²) < 4.78 is 2.23. The number of benzene rings is 1. The van der Waals surface area contributed by atoms with Gasteiger partial charge in [0, 0.05) is 21.8 Å². The van der Waals surface area contributed by atoms with Crippen molar-refractivity contribution in [2.75, 3.05) is 5.32 Å². The van der Waals surface area contributed by atoms with Crippen LogP contribution in [0.5, 0.6) is 0 Å². The van der Waals surface area contributed by atoms with Crippen LogP contribution in [0.15, 0.2) is 41.3 Å². The average Bonchev–Trinajstić information content (AvgIpc) is 3.12. The highest BCUT2D eigenvalue weighted by Crippen LogP contribution is 2.25. The number of amides is 1. The molecule has 2 aromatic heterocycles. The number of aromatic amines is 1. The molecule has 0 unspecified atom stereocenters. The Labute approximate surface area is 149 Å². The number of anilines is 1. The molecule has 6 nitrogen and oxygen atoms in total. The summed E-state index contributed by atoms with van der Waals surface area (Å²) in [5, 5.41) is 14.5. The fourth-order valence-electron chi connectivity index (χ4n) is 1.98. The summed E-state index contributed by atoms with van der Waals surface area (Å²) in [7, 11) is 0. The predicted molar refractivity (Wildman–Crippen MR) is 92.0 cm³/mol. The number of aromatic nitrogens is 4. The first-order valence-corrected chi connectivity index (χ1v) is 8.05. The first kappa shape index (κ1) is 16.0. The Bertz CT molecular complexity index is 840. The number of H-pyrrole nitrogens is 1. The minimum Gasteiger partial charge on any atom is -0.318 e. The molecule has 0 atom stereocenters. The van der Waals surface area contributed by atoms with E-state index in [0.717, 1.165) is 5.56 Å². The second kappa shape index (κ2) is 6.74. The van der Waals surface area contributed by atoms with Crippen LogP contribution in [0, 0.1) is 0 Å². The van der Waals surface area contributed by atoms with Crippen LogP contribution in [0.3, 0.4) is 0 Å². The van der Waals surface area contributed by atoms with E-state index < -0.39 is 0 Å². The van der Waals surface area contributed by atoms with Crippen molar-refractivity contribution in [1.29, 1.82) is 0 Å². The summed E-state index contributed by atoms with van der Waals surface area (Å²) in [4.78, 5) is 12.1. The molecular formula is C14H10BrCl2N5O. The number of halogens is 3. The van der Waals surface area contributed by atoms with E-state index in [1.54, 1.807) is 35.3 Å². The lowest BCUT2D eigenvalue weighted by atomic mass is 10.2. The zero-order valence-electron chi connectivity index (χ0n) is 11.6. The fraction of sp³-hybridized carbons (Fsp3) is 0.0714. The van der Waals surface area contributed by atoms with Crippen molar-refractivity contribution in [3.63, 3.8) is 0 Å². The second-order valence-electron chi connectivity index (χ2n) is 4.67. The Morgan fingerprint density at radius 3 is 2.70 bits per heavy atom. The maximum atomic E-state index is 12.1. The van der Waals surface area contributed by atoms with Gasteiger partial charge in [0.25, 0.3) is 5.91 Å². The van der Waals surface area contributed by atoms with E-state index in [-0.39, 0.29) is 5.91 Å². The minimum absolute atomic E-state index is 0.315. The lowest BCUT2D eigenvalue weighted by Gasteiger charge is -2.06. The molecule has 2 N–H and O–H groups in total. The van der Waals surface area contributed by atoms with Crippen LogP contribution >= 0.6 is 39.1 Å². The largest absolute Gasteiger partial charge is 0.318 e. The van der Waals surface area contributed by atoms with E-state index in [2.05, 4.69) is 36.5 Å². The van der Waals surface area contributed by atoms with Gasteiger partial charge in [-0.15, -0.1) is 0 Å². The van der Waals surface area contributed by atoms with E-state index in [4.69, 9.17) is 23.2 Å². The summed E-state index contributed by atoms with van der Waals surface area (Å²) in [6.45, 7) is 0.405. The molecule has 2 heterocycles. The molecular weight excluding hydrogens is 405 g/mol. The Morgan fingerprint density at radius 1 is 1.30 bits per heavy atom. The van der Waals surface area contributed by atoms with Crippen LogP contribution in [0.4, 0.5) is 5.69 Å². The Morgan fingerprint density at radius 2 is 2.04 bits per heavy atom. The molecule has 23 heavy (non-hydrogen) atoms. The smallest absolute Gasteiger partial charge is 0.274 e. The van der Waals surface area contributed by atoms with Crippen molar-refractivity contribution < 1.29 is 4.79 Å². The van der Waals surface area contributed by atoms with E-state index in [0.29, 0.717) is 32.4 Å². The highest BCUT2D eigenvalue weighted by atomic mass is 79.9. The average molecular weight is 415 g/mol. The van der Waals surface area contributed by atoms with Crippen molar-refractivity contribution in [2.24, 2.45) is 0 Å². The van der Waals surface area contributed by atoms with Gasteiger partial charge in [0.15, 0.2) is 0 Å². The lowest BCUT2D eigenvalue weighted by Crippen LogP contribution is -2.12. The molecule has 0 spiro atoms. The van der Waals surface area contributed by atoms with Crippen LogP contribution < -0.4 is 5.32 Å². The minimum atomic E-state index is -0.315. The van der Waals surface area contributed by atoms with E-state index >= 15 is 0 Å². The Balaban J connectivity index is 1.74. The van der Waals surface area contributed by atoms with Gasteiger partial charge in [0.2, 0.25) is 0 Å². The summed E-state index contributed by atoms with van der Waals surface area (Å²) in [6, 6.07) is 5.32. The molecule has 0 bridgehead atoms. The lowest BCUT2D eigenvalue weighted by molar-refractivity contribution is 0.102. The molecule has 9 heteroatoms. The normalized spacial score (nSPS) is 10.7. The molecule has 0 aliphatic rings. The molecule has 118 valence electrons. The van der Waals surface area contributed by atoms with Gasteiger partial charge in [-0.2, -0.15) is 10.2 Å². The van der Waals surface area contributed by atoms with Gasteiger partial charge in [-0.3, -0.25) is 14.6 Å². The molecule has 3 rings (SSSR count). The maximum Gasteiger partial charge on any atom is 0.274 e. The number of hydrogen-bond donors (Lipinski definition) is 2. The fourth-order valence-corrected chi connectivity index (χ4v) is 2.87. The van der Waals surface area contributed by atoms with Gasteiger partial charge in [0.05, 0.1) is 29.1 Å². The monoisotopic (exact) mass is 413 g/mol. The Hall–Kier alpha value is -1.83. The first-order valence-electron chi connectivity index (χ1n) is 6.50. The molecule has 0 saturated heterocycles. The number of nitrogens with one attached hydrogen (secondary N) is 2. The maximum absolute atomic E-state index is 12.1. The summed E-state index contributed by atoms with van der Waals surface area (Å²) >= 11 is 15.5. The predicted octanol–water partition coefficient (Wildman–Crippen LogP) is 3.98. The van der Waals surface area contributed by atoms with Gasteiger partial charge < -0.3 is 5.32 Å². The van der Waals surface area contributed by atoms with Crippen molar-refractivity contribution in [3.8, 4) is 0 Å². The molecule has 1 amide bonds. The number of rotatable bonds is 4. The van der Waals surface area contributed by atoms with Crippen LogP contribution in [-0.2, 0) is 6.54 Å². The van der Waals surface area contributed by atoms with Crippen molar-refractivity contribution in [3.05, 3.63) is 62.6 Å². The molecule has 0 aliphatic carbocycles. The van der Waals surface area contributed by atoms with Gasteiger partial charge in [-0.25, -0.2) is 0 Å². The second-order valence-corrected chi connectivity index (χ2v) is 6.34. The number of carbonyl (C=O) groups excluding carboxylic acids is 1. The van der Waals surface area contributed by atoms with Gasteiger partial charge in [0.1, 0.15) is 5.69 Å². The van der Waals surface area contributed by atoms with E-state index in [1.807, 2.05) is 0 Å². The van der Waals surface area contributed by atoms with Crippen LogP contribution in [-0.4, -0.2) is 25.9 Å². The Kier molecular flexibility index (Phi) is 4.70. The molecule has 0 fully saturated rings. The third kappa shape index (κ3) is 3.57. The van der Waals surface area contributed by atoms with Crippen molar-refractivity contribution >= 4 is 50.7 Å².